The number of hydrogen-bond donors (Lipinski definition) is 2. The highest BCUT2D eigenvalue weighted by Crippen LogP contribution is 2.25. The molecule has 0 aromatic heterocycles. The Kier molecular flexibility index (Phi) is 4.94. The second-order valence-corrected chi connectivity index (χ2v) is 4.72. The average molecular weight is 295 g/mol. The van der Waals surface area contributed by atoms with Crippen molar-refractivity contribution in [2.45, 2.75) is 25.4 Å². The Hall–Kier alpha value is -2.35. The molecule has 1 fully saturated rings. The molecule has 1 aromatic carbocycles. The van der Waals surface area contributed by atoms with Gasteiger partial charge in [0.15, 0.2) is 5.84 Å². The van der Waals surface area contributed by atoms with Crippen LogP contribution >= 0.6 is 0 Å². The molecule has 3 N–H and O–H groups in total. The number of hydrogen-bond acceptors (Lipinski definition) is 6. The topological polar surface area (TPSA) is 120 Å². The predicted octanol–water partition coefficient (Wildman–Crippen LogP) is 1.64. The summed E-state index contributed by atoms with van der Waals surface area (Å²) in [7, 11) is 0. The summed E-state index contributed by atoms with van der Waals surface area (Å²) in [5, 5.41) is 22.4. The molecular formula is C13H17N3O5. The maximum Gasteiger partial charge on any atom is 0.270 e. The highest BCUT2D eigenvalue weighted by atomic mass is 16.6. The van der Waals surface area contributed by atoms with Crippen LogP contribution in [0.1, 0.15) is 24.8 Å². The Bertz CT molecular complexity index is 541. The minimum absolute atomic E-state index is 0.00548. The minimum Gasteiger partial charge on any atom is -0.490 e. The van der Waals surface area contributed by atoms with Gasteiger partial charge in [-0.05, 0) is 25.3 Å². The van der Waals surface area contributed by atoms with Gasteiger partial charge in [-0.25, -0.2) is 0 Å². The molecule has 0 spiro atoms. The van der Waals surface area contributed by atoms with Gasteiger partial charge in [0.25, 0.3) is 5.69 Å². The molecule has 1 unspecified atom stereocenters. The molecule has 0 bridgehead atoms. The van der Waals surface area contributed by atoms with Crippen LogP contribution in [0.15, 0.2) is 23.4 Å². The summed E-state index contributed by atoms with van der Waals surface area (Å²) in [4.78, 5) is 10.2. The van der Waals surface area contributed by atoms with Gasteiger partial charge in [-0.2, -0.15) is 0 Å². The zero-order chi connectivity index (χ0) is 15.2. The van der Waals surface area contributed by atoms with E-state index < -0.39 is 4.92 Å². The maximum absolute atomic E-state index is 10.8. The first-order valence-corrected chi connectivity index (χ1v) is 6.62. The number of rotatable bonds is 5. The third kappa shape index (κ3) is 3.82. The Balaban J connectivity index is 2.15. The van der Waals surface area contributed by atoms with Gasteiger partial charge in [0.05, 0.1) is 16.6 Å². The SMILES string of the molecule is NC(=NO)c1cc([N+](=O)[O-])ccc1OCC1CCCCO1. The number of nitro groups is 1. The quantitative estimate of drug-likeness (QED) is 0.280. The first-order chi connectivity index (χ1) is 10.1. The molecular weight excluding hydrogens is 278 g/mol. The molecule has 21 heavy (non-hydrogen) atoms. The van der Waals surface area contributed by atoms with Crippen LogP contribution in [0.5, 0.6) is 5.75 Å². The summed E-state index contributed by atoms with van der Waals surface area (Å²) < 4.78 is 11.2. The maximum atomic E-state index is 10.8. The van der Waals surface area contributed by atoms with E-state index in [0.29, 0.717) is 19.0 Å². The number of nitrogens with two attached hydrogens (primary N) is 1. The van der Waals surface area contributed by atoms with Gasteiger partial charge in [-0.15, -0.1) is 0 Å². The van der Waals surface area contributed by atoms with Crippen molar-refractivity contribution >= 4 is 11.5 Å². The third-order valence-corrected chi connectivity index (χ3v) is 3.26. The molecule has 0 amide bonds. The predicted molar refractivity (Wildman–Crippen MR) is 74.7 cm³/mol. The molecule has 2 rings (SSSR count). The minimum atomic E-state index is -0.553. The van der Waals surface area contributed by atoms with Gasteiger partial charge in [0, 0.05) is 18.7 Å². The molecule has 1 aliphatic rings. The molecule has 0 saturated carbocycles. The van der Waals surface area contributed by atoms with Crippen LogP contribution in [0.3, 0.4) is 0 Å². The van der Waals surface area contributed by atoms with Gasteiger partial charge in [0.2, 0.25) is 0 Å². The summed E-state index contributed by atoms with van der Waals surface area (Å²) in [5.41, 5.74) is 5.57. The Morgan fingerprint density at radius 2 is 2.38 bits per heavy atom. The largest absolute Gasteiger partial charge is 0.490 e. The van der Waals surface area contributed by atoms with Gasteiger partial charge in [0.1, 0.15) is 12.4 Å². The second kappa shape index (κ2) is 6.89. The van der Waals surface area contributed by atoms with Crippen molar-refractivity contribution in [1.29, 1.82) is 0 Å². The number of oxime groups is 1. The van der Waals surface area contributed by atoms with Crippen LogP contribution in [-0.2, 0) is 4.74 Å². The first kappa shape index (κ1) is 15.0. The molecule has 0 aliphatic carbocycles. The van der Waals surface area contributed by atoms with Crippen molar-refractivity contribution in [3.05, 3.63) is 33.9 Å². The van der Waals surface area contributed by atoms with Crippen LogP contribution < -0.4 is 10.5 Å². The van der Waals surface area contributed by atoms with E-state index in [-0.39, 0.29) is 23.2 Å². The fourth-order valence-electron chi connectivity index (χ4n) is 2.13. The van der Waals surface area contributed by atoms with Crippen molar-refractivity contribution in [1.82, 2.24) is 0 Å². The zero-order valence-electron chi connectivity index (χ0n) is 11.4. The molecule has 114 valence electrons. The number of nitro benzene ring substituents is 1. The van der Waals surface area contributed by atoms with Gasteiger partial charge < -0.3 is 20.4 Å². The lowest BCUT2D eigenvalue weighted by atomic mass is 10.1. The third-order valence-electron chi connectivity index (χ3n) is 3.26. The molecule has 8 nitrogen and oxygen atoms in total. The van der Waals surface area contributed by atoms with E-state index >= 15 is 0 Å². The number of ether oxygens (including phenoxy) is 2. The number of amidine groups is 1. The normalized spacial score (nSPS) is 19.2. The Morgan fingerprint density at radius 3 is 3.00 bits per heavy atom. The van der Waals surface area contributed by atoms with E-state index in [1.54, 1.807) is 0 Å². The van der Waals surface area contributed by atoms with Crippen molar-refractivity contribution in [3.8, 4) is 5.75 Å². The molecule has 8 heteroatoms. The van der Waals surface area contributed by atoms with Crippen molar-refractivity contribution in [2.75, 3.05) is 13.2 Å². The lowest BCUT2D eigenvalue weighted by Gasteiger charge is -2.23. The van der Waals surface area contributed by atoms with E-state index in [1.807, 2.05) is 0 Å². The number of non-ortho nitro benzene ring substituents is 1. The van der Waals surface area contributed by atoms with E-state index in [1.165, 1.54) is 18.2 Å². The summed E-state index contributed by atoms with van der Waals surface area (Å²) in [5.74, 6) is 0.0864. The fourth-order valence-corrected chi connectivity index (χ4v) is 2.13. The highest BCUT2D eigenvalue weighted by Gasteiger charge is 2.18. The van der Waals surface area contributed by atoms with E-state index in [9.17, 15) is 10.1 Å². The van der Waals surface area contributed by atoms with Crippen LogP contribution in [0.4, 0.5) is 5.69 Å². The number of nitrogens with zero attached hydrogens (tertiary/aromatic N) is 2. The van der Waals surface area contributed by atoms with Gasteiger partial charge in [-0.1, -0.05) is 5.16 Å². The summed E-state index contributed by atoms with van der Waals surface area (Å²) >= 11 is 0. The molecule has 1 heterocycles. The summed E-state index contributed by atoms with van der Waals surface area (Å²) in [6.07, 6.45) is 3.03. The lowest BCUT2D eigenvalue weighted by molar-refractivity contribution is -0.384. The van der Waals surface area contributed by atoms with Crippen molar-refractivity contribution in [2.24, 2.45) is 10.9 Å². The molecule has 1 atom stereocenters. The van der Waals surface area contributed by atoms with Crippen LogP contribution in [-0.4, -0.2) is 35.3 Å². The van der Waals surface area contributed by atoms with E-state index in [0.717, 1.165) is 19.3 Å². The number of benzene rings is 1. The van der Waals surface area contributed by atoms with Gasteiger partial charge >= 0.3 is 0 Å². The smallest absolute Gasteiger partial charge is 0.270 e. The molecule has 1 aromatic rings. The zero-order valence-corrected chi connectivity index (χ0v) is 11.4. The van der Waals surface area contributed by atoms with Crippen LogP contribution in [0, 0.1) is 10.1 Å². The van der Waals surface area contributed by atoms with E-state index in [2.05, 4.69) is 5.16 Å². The Labute approximate surface area is 121 Å². The summed E-state index contributed by atoms with van der Waals surface area (Å²) in [6.45, 7) is 1.03. The van der Waals surface area contributed by atoms with Gasteiger partial charge in [-0.3, -0.25) is 10.1 Å². The average Bonchev–Trinajstić information content (AvgIpc) is 2.52. The molecule has 1 saturated heterocycles. The monoisotopic (exact) mass is 295 g/mol. The van der Waals surface area contributed by atoms with E-state index in [4.69, 9.17) is 20.4 Å². The molecule has 1 aliphatic heterocycles. The van der Waals surface area contributed by atoms with Crippen molar-refractivity contribution < 1.29 is 19.6 Å². The first-order valence-electron chi connectivity index (χ1n) is 6.62. The second-order valence-electron chi connectivity index (χ2n) is 4.72. The standard InChI is InChI=1S/C13H17N3O5/c14-13(15-17)11-7-9(16(18)19)4-5-12(11)21-8-10-3-1-2-6-20-10/h4-5,7,10,17H,1-3,6,8H2,(H2,14,15). The Morgan fingerprint density at radius 1 is 1.57 bits per heavy atom. The van der Waals surface area contributed by atoms with Crippen LogP contribution in [0.2, 0.25) is 0 Å². The van der Waals surface area contributed by atoms with Crippen molar-refractivity contribution in [3.63, 3.8) is 0 Å². The summed E-state index contributed by atoms with van der Waals surface area (Å²) in [6, 6.07) is 3.96. The molecule has 0 radical (unpaired) electrons. The lowest BCUT2D eigenvalue weighted by Crippen LogP contribution is -2.26. The highest BCUT2D eigenvalue weighted by molar-refractivity contribution is 6.00. The fraction of sp³-hybridized carbons (Fsp3) is 0.462. The van der Waals surface area contributed by atoms with Crippen LogP contribution in [0.25, 0.3) is 0 Å².